The molecule has 0 aliphatic heterocycles. The first-order valence-electron chi connectivity index (χ1n) is 10.5. The van der Waals surface area contributed by atoms with Crippen LogP contribution in [0.3, 0.4) is 0 Å². The molecule has 7 nitrogen and oxygen atoms in total. The maximum Gasteiger partial charge on any atom is 0.407 e. The zero-order chi connectivity index (χ0) is 23.7. The Bertz CT molecular complexity index is 1120. The molecule has 1 amide bonds. The fraction of sp³-hybridized carbons (Fsp3) is 0.240. The average molecular weight is 470 g/mol. The van der Waals surface area contributed by atoms with Crippen LogP contribution in [0.25, 0.3) is 0 Å². The predicted octanol–water partition coefficient (Wildman–Crippen LogP) is 3.60. The summed E-state index contributed by atoms with van der Waals surface area (Å²) in [7, 11) is -4.17. The van der Waals surface area contributed by atoms with E-state index in [2.05, 4.69) is 5.32 Å². The molecule has 0 saturated heterocycles. The summed E-state index contributed by atoms with van der Waals surface area (Å²) in [6, 6.07) is 23.7. The second-order valence-electron chi connectivity index (χ2n) is 7.59. The molecule has 8 heteroatoms. The number of hydrogen-bond acceptors (Lipinski definition) is 6. The molecule has 0 unspecified atom stereocenters. The Labute approximate surface area is 194 Å². The minimum Gasteiger partial charge on any atom is -0.445 e. The van der Waals surface area contributed by atoms with Gasteiger partial charge in [0.1, 0.15) is 12.7 Å². The van der Waals surface area contributed by atoms with E-state index in [1.54, 1.807) is 12.1 Å². The summed E-state index contributed by atoms with van der Waals surface area (Å²) >= 11 is 0. The number of benzene rings is 3. The number of nitrogens with one attached hydrogen (secondary N) is 1. The molecule has 33 heavy (non-hydrogen) atoms. The van der Waals surface area contributed by atoms with Gasteiger partial charge in [0.2, 0.25) is 0 Å². The van der Waals surface area contributed by atoms with Crippen LogP contribution < -0.4 is 5.32 Å². The third kappa shape index (κ3) is 7.42. The molecule has 0 aliphatic rings. The van der Waals surface area contributed by atoms with Gasteiger partial charge in [-0.05, 0) is 36.6 Å². The normalized spacial score (nSPS) is 13.2. The zero-order valence-corrected chi connectivity index (χ0v) is 19.1. The molecule has 2 atom stereocenters. The van der Waals surface area contributed by atoms with Gasteiger partial charge in [-0.2, -0.15) is 8.42 Å². The van der Waals surface area contributed by atoms with E-state index in [-0.39, 0.29) is 17.9 Å². The van der Waals surface area contributed by atoms with Crippen molar-refractivity contribution in [2.24, 2.45) is 0 Å². The van der Waals surface area contributed by atoms with Gasteiger partial charge < -0.3 is 15.2 Å². The van der Waals surface area contributed by atoms with Gasteiger partial charge in [0.05, 0.1) is 17.5 Å². The first kappa shape index (κ1) is 24.4. The maximum absolute atomic E-state index is 12.8. The van der Waals surface area contributed by atoms with E-state index < -0.39 is 35.0 Å². The largest absolute Gasteiger partial charge is 0.445 e. The van der Waals surface area contributed by atoms with Crippen molar-refractivity contribution in [3.8, 4) is 0 Å². The van der Waals surface area contributed by atoms with Crippen molar-refractivity contribution in [3.05, 3.63) is 102 Å². The third-order valence-corrected chi connectivity index (χ3v) is 6.35. The van der Waals surface area contributed by atoms with Crippen LogP contribution in [-0.4, -0.2) is 38.4 Å². The minimum absolute atomic E-state index is 0.0309. The fourth-order valence-electron chi connectivity index (χ4n) is 3.21. The van der Waals surface area contributed by atoms with Crippen molar-refractivity contribution in [1.82, 2.24) is 5.32 Å². The summed E-state index contributed by atoms with van der Waals surface area (Å²) in [4.78, 5) is 12.5. The van der Waals surface area contributed by atoms with Crippen molar-refractivity contribution in [3.63, 3.8) is 0 Å². The van der Waals surface area contributed by atoms with E-state index in [9.17, 15) is 18.3 Å². The van der Waals surface area contributed by atoms with Crippen LogP contribution in [0.2, 0.25) is 0 Å². The molecule has 0 aliphatic carbocycles. The molecule has 0 saturated carbocycles. The Kier molecular flexibility index (Phi) is 8.59. The van der Waals surface area contributed by atoms with Crippen molar-refractivity contribution < 1.29 is 27.2 Å². The molecule has 174 valence electrons. The van der Waals surface area contributed by atoms with E-state index in [1.807, 2.05) is 67.6 Å². The second-order valence-corrected chi connectivity index (χ2v) is 9.16. The molecule has 3 aromatic carbocycles. The molecule has 0 radical (unpaired) electrons. The molecule has 3 aromatic rings. The highest BCUT2D eigenvalue weighted by Crippen LogP contribution is 2.18. The van der Waals surface area contributed by atoms with Crippen molar-refractivity contribution in [2.75, 3.05) is 6.61 Å². The maximum atomic E-state index is 12.8. The number of hydrogen-bond donors (Lipinski definition) is 2. The predicted molar refractivity (Wildman–Crippen MR) is 124 cm³/mol. The van der Waals surface area contributed by atoms with Crippen LogP contribution in [0.4, 0.5) is 4.79 Å². The molecule has 0 spiro atoms. The Balaban J connectivity index is 1.75. The Morgan fingerprint density at radius 1 is 0.909 bits per heavy atom. The molecule has 0 aromatic heterocycles. The Morgan fingerprint density at radius 2 is 1.48 bits per heavy atom. The number of amides is 1. The summed E-state index contributed by atoms with van der Waals surface area (Å²) in [6.45, 7) is 1.27. The molecule has 0 fully saturated rings. The van der Waals surface area contributed by atoms with Crippen LogP contribution in [0.5, 0.6) is 0 Å². The number of aryl methyl sites for hydroxylation is 1. The summed E-state index contributed by atoms with van der Waals surface area (Å²) in [6.07, 6.45) is -1.73. The van der Waals surface area contributed by atoms with Gasteiger partial charge in [-0.25, -0.2) is 4.79 Å². The van der Waals surface area contributed by atoms with Crippen LogP contribution in [0.15, 0.2) is 89.8 Å². The highest BCUT2D eigenvalue weighted by molar-refractivity contribution is 7.86. The molecular formula is C25H27NO6S. The van der Waals surface area contributed by atoms with Crippen LogP contribution >= 0.6 is 0 Å². The summed E-state index contributed by atoms with van der Waals surface area (Å²) < 4.78 is 36.2. The van der Waals surface area contributed by atoms with Crippen LogP contribution in [-0.2, 0) is 32.1 Å². The lowest BCUT2D eigenvalue weighted by Gasteiger charge is -2.26. The van der Waals surface area contributed by atoms with Crippen LogP contribution in [0, 0.1) is 6.92 Å². The standard InChI is InChI=1S/C25H27NO6S/c1-19-12-14-22(15-13-19)33(29,30)32-24(17-27)23(16-20-8-4-2-5-9-20)26-25(28)31-18-21-10-6-3-7-11-21/h2-15,23-24,27H,16-18H2,1H3,(H,26,28)/t23-,24-/m0/s1. The van der Waals surface area contributed by atoms with Gasteiger partial charge in [-0.15, -0.1) is 0 Å². The number of aliphatic hydroxyl groups excluding tert-OH is 1. The van der Waals surface area contributed by atoms with Gasteiger partial charge in [0.15, 0.2) is 0 Å². The lowest BCUT2D eigenvalue weighted by Crippen LogP contribution is -2.48. The minimum atomic E-state index is -4.17. The lowest BCUT2D eigenvalue weighted by atomic mass is 10.0. The van der Waals surface area contributed by atoms with E-state index in [1.165, 1.54) is 12.1 Å². The number of alkyl carbamates (subject to hydrolysis) is 1. The van der Waals surface area contributed by atoms with E-state index in [4.69, 9.17) is 8.92 Å². The Morgan fingerprint density at radius 3 is 2.06 bits per heavy atom. The average Bonchev–Trinajstić information content (AvgIpc) is 2.82. The highest BCUT2D eigenvalue weighted by atomic mass is 32.2. The number of ether oxygens (including phenoxy) is 1. The molecule has 3 rings (SSSR count). The number of carbonyl (C=O) groups excluding carboxylic acids is 1. The Hall–Kier alpha value is -3.20. The smallest absolute Gasteiger partial charge is 0.407 e. The van der Waals surface area contributed by atoms with Crippen molar-refractivity contribution in [1.29, 1.82) is 0 Å². The number of aliphatic hydroxyl groups is 1. The lowest BCUT2D eigenvalue weighted by molar-refractivity contribution is 0.0783. The molecule has 2 N–H and O–H groups in total. The van der Waals surface area contributed by atoms with Gasteiger partial charge in [-0.1, -0.05) is 78.4 Å². The summed E-state index contributed by atoms with van der Waals surface area (Å²) in [5.41, 5.74) is 2.54. The third-order valence-electron chi connectivity index (χ3n) is 5.00. The SMILES string of the molecule is Cc1ccc(S(=O)(=O)O[C@@H](CO)[C@H](Cc2ccccc2)NC(=O)OCc2ccccc2)cc1. The summed E-state index contributed by atoms with van der Waals surface area (Å²) in [5, 5.41) is 12.6. The van der Waals surface area contributed by atoms with E-state index >= 15 is 0 Å². The summed E-state index contributed by atoms with van der Waals surface area (Å²) in [5.74, 6) is 0. The highest BCUT2D eigenvalue weighted by Gasteiger charge is 2.30. The zero-order valence-electron chi connectivity index (χ0n) is 18.3. The van der Waals surface area contributed by atoms with Gasteiger partial charge in [-0.3, -0.25) is 4.18 Å². The van der Waals surface area contributed by atoms with Crippen molar-refractivity contribution in [2.45, 2.75) is 37.0 Å². The molecular weight excluding hydrogens is 442 g/mol. The van der Waals surface area contributed by atoms with Gasteiger partial charge in [0.25, 0.3) is 10.1 Å². The van der Waals surface area contributed by atoms with Gasteiger partial charge >= 0.3 is 6.09 Å². The van der Waals surface area contributed by atoms with Crippen molar-refractivity contribution >= 4 is 16.2 Å². The second kappa shape index (κ2) is 11.6. The van der Waals surface area contributed by atoms with Crippen LogP contribution in [0.1, 0.15) is 16.7 Å². The van der Waals surface area contributed by atoms with E-state index in [0.29, 0.717) is 0 Å². The fourth-order valence-corrected chi connectivity index (χ4v) is 4.31. The number of rotatable bonds is 10. The quantitative estimate of drug-likeness (QED) is 0.440. The van der Waals surface area contributed by atoms with E-state index in [0.717, 1.165) is 16.7 Å². The molecule has 0 heterocycles. The first-order valence-corrected chi connectivity index (χ1v) is 11.9. The topological polar surface area (TPSA) is 102 Å². The molecule has 0 bridgehead atoms. The monoisotopic (exact) mass is 469 g/mol. The van der Waals surface area contributed by atoms with Gasteiger partial charge in [0, 0.05) is 0 Å². The first-order chi connectivity index (χ1) is 15.9. The number of carbonyl (C=O) groups is 1.